The van der Waals surface area contributed by atoms with Gasteiger partial charge in [0.15, 0.2) is 0 Å². The highest BCUT2D eigenvalue weighted by Crippen LogP contribution is 2.34. The van der Waals surface area contributed by atoms with E-state index < -0.39 is 0 Å². The summed E-state index contributed by atoms with van der Waals surface area (Å²) in [5.41, 5.74) is 2.79. The number of nitriles is 1. The Morgan fingerprint density at radius 1 is 1.17 bits per heavy atom. The van der Waals surface area contributed by atoms with Crippen molar-refractivity contribution >= 4 is 22.8 Å². The summed E-state index contributed by atoms with van der Waals surface area (Å²) in [5, 5.41) is 9.93. The molecule has 2 fully saturated rings. The number of hydrogen-bond donors (Lipinski definition) is 1. The second kappa shape index (κ2) is 7.21. The molecule has 7 nitrogen and oxygen atoms in total. The number of fused-ring (bicyclic) bond motifs is 3. The summed E-state index contributed by atoms with van der Waals surface area (Å²) in [7, 11) is 0. The number of anilines is 1. The van der Waals surface area contributed by atoms with Crippen LogP contribution < -0.4 is 4.90 Å². The number of rotatable bonds is 4. The van der Waals surface area contributed by atoms with E-state index in [1.54, 1.807) is 6.33 Å². The molecule has 0 radical (unpaired) electrons. The van der Waals surface area contributed by atoms with Crippen molar-refractivity contribution < 1.29 is 4.79 Å². The summed E-state index contributed by atoms with van der Waals surface area (Å²) in [6, 6.07) is 12.4. The second-order valence-corrected chi connectivity index (χ2v) is 7.86. The third-order valence-electron chi connectivity index (χ3n) is 6.03. The Balaban J connectivity index is 1.33. The largest absolute Gasteiger partial charge is 0.352 e. The van der Waals surface area contributed by atoms with Crippen molar-refractivity contribution in [3.8, 4) is 6.07 Å². The monoisotopic (exact) mass is 386 g/mol. The number of nitrogens with one attached hydrogen (secondary N) is 1. The number of nitrogens with zero attached hydrogens (tertiary/aromatic N) is 5. The molecule has 1 amide bonds. The smallest absolute Gasteiger partial charge is 0.227 e. The Kier molecular flexibility index (Phi) is 4.39. The van der Waals surface area contributed by atoms with Gasteiger partial charge in [0, 0.05) is 31.4 Å². The average Bonchev–Trinajstić information content (AvgIpc) is 3.30. The van der Waals surface area contributed by atoms with Crippen LogP contribution in [0, 0.1) is 11.3 Å². The highest BCUT2D eigenvalue weighted by Gasteiger charge is 2.42. The minimum Gasteiger partial charge on any atom is -0.352 e. The maximum absolute atomic E-state index is 13.1. The summed E-state index contributed by atoms with van der Waals surface area (Å²) < 4.78 is 0. The molecule has 1 aromatic carbocycles. The Bertz CT molecular complexity index is 1090. The molecule has 2 aliphatic heterocycles. The number of aromatic amines is 1. The molecule has 0 aliphatic carbocycles. The van der Waals surface area contributed by atoms with Crippen molar-refractivity contribution in [2.75, 3.05) is 18.0 Å². The molecule has 2 aliphatic rings. The highest BCUT2D eigenvalue weighted by molar-refractivity contribution is 5.87. The van der Waals surface area contributed by atoms with E-state index in [1.807, 2.05) is 36.5 Å². The van der Waals surface area contributed by atoms with Crippen LogP contribution in [0.4, 0.5) is 5.82 Å². The maximum atomic E-state index is 13.1. The van der Waals surface area contributed by atoms with E-state index in [4.69, 9.17) is 5.26 Å². The molecule has 0 spiro atoms. The van der Waals surface area contributed by atoms with Crippen molar-refractivity contribution in [2.24, 2.45) is 0 Å². The minimum atomic E-state index is 0.181. The first-order valence-electron chi connectivity index (χ1n) is 10.0. The Hall–Kier alpha value is -3.40. The fraction of sp³-hybridized carbons (Fsp3) is 0.364. The van der Waals surface area contributed by atoms with Gasteiger partial charge in [0.2, 0.25) is 5.91 Å². The fourth-order valence-corrected chi connectivity index (χ4v) is 4.80. The number of benzene rings is 1. The van der Waals surface area contributed by atoms with Crippen LogP contribution in [0.3, 0.4) is 0 Å². The summed E-state index contributed by atoms with van der Waals surface area (Å²) in [6.45, 7) is 1.60. The highest BCUT2D eigenvalue weighted by atomic mass is 16.2. The number of H-pyrrole nitrogens is 1. The fourth-order valence-electron chi connectivity index (χ4n) is 4.80. The summed E-state index contributed by atoms with van der Waals surface area (Å²) >= 11 is 0. The Labute approximate surface area is 169 Å². The van der Waals surface area contributed by atoms with Crippen molar-refractivity contribution in [1.82, 2.24) is 19.9 Å². The topological polar surface area (TPSA) is 88.9 Å². The number of carbonyl (C=O) groups excluding carboxylic acids is 1. The van der Waals surface area contributed by atoms with Gasteiger partial charge in [-0.1, -0.05) is 24.3 Å². The van der Waals surface area contributed by atoms with Gasteiger partial charge in [0.25, 0.3) is 0 Å². The van der Waals surface area contributed by atoms with E-state index in [0.717, 1.165) is 53.9 Å². The van der Waals surface area contributed by atoms with Gasteiger partial charge in [0.05, 0.1) is 24.3 Å². The van der Waals surface area contributed by atoms with Crippen LogP contribution in [0.2, 0.25) is 0 Å². The quantitative estimate of drug-likeness (QED) is 0.744. The third-order valence-corrected chi connectivity index (χ3v) is 6.03. The summed E-state index contributed by atoms with van der Waals surface area (Å²) in [4.78, 5) is 29.5. The first-order chi connectivity index (χ1) is 14.2. The van der Waals surface area contributed by atoms with Gasteiger partial charge in [-0.25, -0.2) is 9.97 Å². The van der Waals surface area contributed by atoms with Crippen molar-refractivity contribution in [1.29, 1.82) is 5.26 Å². The lowest BCUT2D eigenvalue weighted by molar-refractivity contribution is -0.133. The van der Waals surface area contributed by atoms with Gasteiger partial charge in [-0.2, -0.15) is 5.26 Å². The average molecular weight is 386 g/mol. The molecule has 1 N–H and O–H groups in total. The molecular weight excluding hydrogens is 364 g/mol. The van der Waals surface area contributed by atoms with Crippen LogP contribution in [-0.4, -0.2) is 50.9 Å². The van der Waals surface area contributed by atoms with Gasteiger partial charge in [-0.3, -0.25) is 4.79 Å². The first kappa shape index (κ1) is 17.7. The standard InChI is InChI=1S/C22H22N6O/c23-8-6-15-2-1-3-16(10-15)11-20(29)28-17-4-5-18(28)13-27(12-17)22-19-7-9-24-21(19)25-14-26-22/h1-3,7,9-10,14,17-18H,4-6,11-13H2,(H,24,25,26)/t17-,18-/m1/s1. The van der Waals surface area contributed by atoms with Crippen LogP contribution in [-0.2, 0) is 17.6 Å². The van der Waals surface area contributed by atoms with E-state index in [1.165, 1.54) is 0 Å². The summed E-state index contributed by atoms with van der Waals surface area (Å²) in [5.74, 6) is 1.13. The van der Waals surface area contributed by atoms with E-state index in [-0.39, 0.29) is 18.0 Å². The molecule has 3 aromatic rings. The van der Waals surface area contributed by atoms with Gasteiger partial charge in [-0.05, 0) is 30.0 Å². The number of hydrogen-bond acceptors (Lipinski definition) is 5. The summed E-state index contributed by atoms with van der Waals surface area (Å²) in [6.07, 6.45) is 6.31. The Morgan fingerprint density at radius 2 is 1.97 bits per heavy atom. The van der Waals surface area contributed by atoms with E-state index in [2.05, 4.69) is 30.8 Å². The van der Waals surface area contributed by atoms with Crippen LogP contribution in [0.25, 0.3) is 11.0 Å². The molecule has 2 atom stereocenters. The zero-order valence-corrected chi connectivity index (χ0v) is 16.1. The molecule has 29 heavy (non-hydrogen) atoms. The SMILES string of the molecule is N#CCc1cccc(CC(=O)N2[C@@H]3CC[C@@H]2CN(c2ncnc4[nH]ccc24)C3)c1. The molecule has 0 unspecified atom stereocenters. The minimum absolute atomic E-state index is 0.181. The number of piperazine rings is 1. The molecule has 4 heterocycles. The van der Waals surface area contributed by atoms with Gasteiger partial charge in [0.1, 0.15) is 17.8 Å². The lowest BCUT2D eigenvalue weighted by Crippen LogP contribution is -2.56. The van der Waals surface area contributed by atoms with Crippen LogP contribution in [0.1, 0.15) is 24.0 Å². The molecule has 0 saturated carbocycles. The molecule has 2 bridgehead atoms. The predicted molar refractivity (Wildman–Crippen MR) is 109 cm³/mol. The van der Waals surface area contributed by atoms with E-state index >= 15 is 0 Å². The molecule has 2 saturated heterocycles. The van der Waals surface area contributed by atoms with Gasteiger partial charge in [-0.15, -0.1) is 0 Å². The zero-order valence-electron chi connectivity index (χ0n) is 16.1. The van der Waals surface area contributed by atoms with Crippen LogP contribution in [0.15, 0.2) is 42.9 Å². The second-order valence-electron chi connectivity index (χ2n) is 7.86. The van der Waals surface area contributed by atoms with E-state index in [0.29, 0.717) is 12.8 Å². The van der Waals surface area contributed by atoms with Crippen molar-refractivity contribution in [3.05, 3.63) is 54.0 Å². The number of carbonyl (C=O) groups is 1. The van der Waals surface area contributed by atoms with E-state index in [9.17, 15) is 4.79 Å². The number of aromatic nitrogens is 3. The normalized spacial score (nSPS) is 20.8. The maximum Gasteiger partial charge on any atom is 0.227 e. The zero-order chi connectivity index (χ0) is 19.8. The molecule has 146 valence electrons. The van der Waals surface area contributed by atoms with Crippen LogP contribution >= 0.6 is 0 Å². The van der Waals surface area contributed by atoms with Crippen molar-refractivity contribution in [2.45, 2.75) is 37.8 Å². The molecule has 2 aromatic heterocycles. The molecule has 5 rings (SSSR count). The van der Waals surface area contributed by atoms with Gasteiger partial charge < -0.3 is 14.8 Å². The molecule has 7 heteroatoms. The van der Waals surface area contributed by atoms with Gasteiger partial charge >= 0.3 is 0 Å². The number of amides is 1. The lowest BCUT2D eigenvalue weighted by Gasteiger charge is -2.41. The predicted octanol–water partition coefficient (Wildman–Crippen LogP) is 2.45. The van der Waals surface area contributed by atoms with Crippen molar-refractivity contribution in [3.63, 3.8) is 0 Å². The Morgan fingerprint density at radius 3 is 2.76 bits per heavy atom. The lowest BCUT2D eigenvalue weighted by atomic mass is 10.0. The third kappa shape index (κ3) is 3.21. The van der Waals surface area contributed by atoms with Crippen LogP contribution in [0.5, 0.6) is 0 Å². The first-order valence-corrected chi connectivity index (χ1v) is 10.0. The molecular formula is C22H22N6O.